The monoisotopic (exact) mass is 339 g/mol. The van der Waals surface area contributed by atoms with E-state index in [2.05, 4.69) is 22.2 Å². The molecule has 2 heterocycles. The number of aromatic nitrogens is 2. The van der Waals surface area contributed by atoms with Crippen LogP contribution in [-0.2, 0) is 0 Å². The summed E-state index contributed by atoms with van der Waals surface area (Å²) in [6.07, 6.45) is 6.68. The van der Waals surface area contributed by atoms with Gasteiger partial charge in [0.1, 0.15) is 5.75 Å². The van der Waals surface area contributed by atoms with E-state index in [1.807, 2.05) is 43.3 Å². The minimum atomic E-state index is 0.588. The highest BCUT2D eigenvalue weighted by atomic mass is 16.5. The Kier molecular flexibility index (Phi) is 5.87. The number of nitrogens with zero attached hydrogens (tertiary/aromatic N) is 3. The number of hydrogen-bond donors (Lipinski definition) is 1. The van der Waals surface area contributed by atoms with Gasteiger partial charge >= 0.3 is 0 Å². The minimum absolute atomic E-state index is 0.588. The maximum atomic E-state index is 5.98. The summed E-state index contributed by atoms with van der Waals surface area (Å²) in [6.45, 7) is 5.98. The molecule has 0 saturated carbocycles. The fourth-order valence-corrected chi connectivity index (χ4v) is 3.09. The molecule has 1 atom stereocenters. The van der Waals surface area contributed by atoms with Gasteiger partial charge < -0.3 is 15.0 Å². The lowest BCUT2D eigenvalue weighted by Gasteiger charge is -2.23. The van der Waals surface area contributed by atoms with Crippen LogP contribution in [0.25, 0.3) is 11.3 Å². The molecule has 0 amide bonds. The SMILES string of the molecule is [CH2]c1ccc(OCCC2CCCCN2)cc1-c1ccnc(N(C)C)n1. The van der Waals surface area contributed by atoms with Crippen molar-refractivity contribution in [2.45, 2.75) is 31.7 Å². The number of hydrogen-bond acceptors (Lipinski definition) is 5. The number of piperidine rings is 1. The Bertz CT molecular complexity index is 696. The van der Waals surface area contributed by atoms with E-state index >= 15 is 0 Å². The van der Waals surface area contributed by atoms with Gasteiger partial charge in [-0.2, -0.15) is 0 Å². The molecule has 1 aromatic heterocycles. The lowest BCUT2D eigenvalue weighted by atomic mass is 10.0. The second-order valence-electron chi connectivity index (χ2n) is 6.74. The van der Waals surface area contributed by atoms with Crippen molar-refractivity contribution < 1.29 is 4.74 Å². The van der Waals surface area contributed by atoms with Gasteiger partial charge in [-0.1, -0.05) is 12.5 Å². The minimum Gasteiger partial charge on any atom is -0.494 e. The summed E-state index contributed by atoms with van der Waals surface area (Å²) in [4.78, 5) is 10.8. The van der Waals surface area contributed by atoms with Crippen molar-refractivity contribution >= 4 is 5.95 Å². The van der Waals surface area contributed by atoms with Gasteiger partial charge in [-0.25, -0.2) is 9.97 Å². The van der Waals surface area contributed by atoms with Crippen LogP contribution in [0.5, 0.6) is 5.75 Å². The molecule has 3 rings (SSSR count). The van der Waals surface area contributed by atoms with Crippen molar-refractivity contribution in [3.05, 3.63) is 42.9 Å². The first-order valence-electron chi connectivity index (χ1n) is 8.96. The molecule has 1 aliphatic heterocycles. The molecule has 0 spiro atoms. The number of rotatable bonds is 6. The summed E-state index contributed by atoms with van der Waals surface area (Å²) in [5, 5.41) is 3.56. The predicted molar refractivity (Wildman–Crippen MR) is 102 cm³/mol. The number of ether oxygens (including phenoxy) is 1. The van der Waals surface area contributed by atoms with Gasteiger partial charge in [-0.15, -0.1) is 0 Å². The summed E-state index contributed by atoms with van der Waals surface area (Å²) in [5.41, 5.74) is 2.78. The molecule has 2 aromatic rings. The first-order valence-corrected chi connectivity index (χ1v) is 8.96. The second-order valence-corrected chi connectivity index (χ2v) is 6.74. The smallest absolute Gasteiger partial charge is 0.225 e. The molecule has 1 radical (unpaired) electrons. The molecule has 5 heteroatoms. The zero-order chi connectivity index (χ0) is 17.6. The van der Waals surface area contributed by atoms with Crippen molar-refractivity contribution in [3.63, 3.8) is 0 Å². The van der Waals surface area contributed by atoms with Gasteiger partial charge in [0.05, 0.1) is 12.3 Å². The standard InChI is InChI=1S/C20H27N4O/c1-15-7-8-17(25-13-10-16-6-4-5-11-21-16)14-18(15)19-9-12-22-20(23-19)24(2)3/h7-9,12,14,16,21H,1,4-6,10-11,13H2,2-3H3. The summed E-state index contributed by atoms with van der Waals surface area (Å²) in [5.74, 6) is 1.55. The summed E-state index contributed by atoms with van der Waals surface area (Å²) in [7, 11) is 3.87. The van der Waals surface area contributed by atoms with Crippen LogP contribution >= 0.6 is 0 Å². The zero-order valence-electron chi connectivity index (χ0n) is 15.2. The van der Waals surface area contributed by atoms with Crippen LogP contribution in [0, 0.1) is 6.92 Å². The highest BCUT2D eigenvalue weighted by molar-refractivity contribution is 5.67. The molecule has 1 N–H and O–H groups in total. The largest absolute Gasteiger partial charge is 0.494 e. The van der Waals surface area contributed by atoms with E-state index in [9.17, 15) is 0 Å². The third-order valence-electron chi connectivity index (χ3n) is 4.55. The molecular formula is C20H27N4O. The van der Waals surface area contributed by atoms with Crippen LogP contribution in [0.4, 0.5) is 5.95 Å². The van der Waals surface area contributed by atoms with Crippen molar-refractivity contribution in [1.82, 2.24) is 15.3 Å². The Morgan fingerprint density at radius 1 is 1.28 bits per heavy atom. The molecule has 1 aliphatic rings. The second kappa shape index (κ2) is 8.30. The third-order valence-corrected chi connectivity index (χ3v) is 4.55. The molecule has 5 nitrogen and oxygen atoms in total. The van der Waals surface area contributed by atoms with Crippen LogP contribution in [0.3, 0.4) is 0 Å². The summed E-state index contributed by atoms with van der Waals surface area (Å²) in [6, 6.07) is 8.49. The van der Waals surface area contributed by atoms with Crippen LogP contribution in [0.15, 0.2) is 30.5 Å². The van der Waals surface area contributed by atoms with Crippen molar-refractivity contribution in [2.75, 3.05) is 32.1 Å². The average molecular weight is 339 g/mol. The molecule has 1 fully saturated rings. The molecule has 133 valence electrons. The lowest BCUT2D eigenvalue weighted by Crippen LogP contribution is -2.35. The van der Waals surface area contributed by atoms with Gasteiger partial charge in [-0.3, -0.25) is 0 Å². The molecule has 1 aromatic carbocycles. The van der Waals surface area contributed by atoms with E-state index < -0.39 is 0 Å². The molecule has 25 heavy (non-hydrogen) atoms. The molecule has 1 unspecified atom stereocenters. The van der Waals surface area contributed by atoms with Gasteiger partial charge in [0.15, 0.2) is 0 Å². The quantitative estimate of drug-likeness (QED) is 0.875. The molecule has 0 bridgehead atoms. The average Bonchev–Trinajstić information content (AvgIpc) is 2.64. The Labute approximate surface area is 150 Å². The molecular weight excluding hydrogens is 312 g/mol. The fourth-order valence-electron chi connectivity index (χ4n) is 3.09. The predicted octanol–water partition coefficient (Wildman–Crippen LogP) is 3.30. The van der Waals surface area contributed by atoms with E-state index in [0.717, 1.165) is 42.1 Å². The van der Waals surface area contributed by atoms with E-state index in [-0.39, 0.29) is 0 Å². The van der Waals surface area contributed by atoms with Crippen LogP contribution in [0.1, 0.15) is 31.2 Å². The van der Waals surface area contributed by atoms with Gasteiger partial charge in [0.2, 0.25) is 5.95 Å². The van der Waals surface area contributed by atoms with E-state index in [1.165, 1.54) is 19.3 Å². The van der Waals surface area contributed by atoms with Gasteiger partial charge in [0, 0.05) is 31.9 Å². The normalized spacial score (nSPS) is 17.3. The van der Waals surface area contributed by atoms with Crippen molar-refractivity contribution in [3.8, 4) is 17.0 Å². The summed E-state index contributed by atoms with van der Waals surface area (Å²) < 4.78 is 5.98. The summed E-state index contributed by atoms with van der Waals surface area (Å²) >= 11 is 0. The number of benzene rings is 1. The first kappa shape index (κ1) is 17.7. The highest BCUT2D eigenvalue weighted by Crippen LogP contribution is 2.27. The Balaban J connectivity index is 1.68. The number of nitrogens with one attached hydrogen (secondary N) is 1. The van der Waals surface area contributed by atoms with E-state index in [0.29, 0.717) is 12.0 Å². The Morgan fingerprint density at radius 3 is 2.92 bits per heavy atom. The Hall–Kier alpha value is -2.14. The Morgan fingerprint density at radius 2 is 2.16 bits per heavy atom. The van der Waals surface area contributed by atoms with Gasteiger partial charge in [-0.05, 0) is 56.5 Å². The first-order chi connectivity index (χ1) is 12.1. The van der Waals surface area contributed by atoms with Crippen molar-refractivity contribution in [1.29, 1.82) is 0 Å². The number of anilines is 1. The fraction of sp³-hybridized carbons (Fsp3) is 0.450. The van der Waals surface area contributed by atoms with Gasteiger partial charge in [0.25, 0.3) is 0 Å². The third kappa shape index (κ3) is 4.69. The maximum Gasteiger partial charge on any atom is 0.225 e. The van der Waals surface area contributed by atoms with Crippen LogP contribution < -0.4 is 15.0 Å². The van der Waals surface area contributed by atoms with E-state index in [1.54, 1.807) is 6.20 Å². The van der Waals surface area contributed by atoms with E-state index in [4.69, 9.17) is 4.74 Å². The molecule has 1 saturated heterocycles. The topological polar surface area (TPSA) is 50.3 Å². The van der Waals surface area contributed by atoms with Crippen LogP contribution in [0.2, 0.25) is 0 Å². The van der Waals surface area contributed by atoms with Crippen LogP contribution in [-0.4, -0.2) is 43.3 Å². The lowest BCUT2D eigenvalue weighted by molar-refractivity contribution is 0.268. The maximum absolute atomic E-state index is 5.98. The highest BCUT2D eigenvalue weighted by Gasteiger charge is 2.13. The van der Waals surface area contributed by atoms with Crippen molar-refractivity contribution in [2.24, 2.45) is 0 Å². The molecule has 0 aliphatic carbocycles. The zero-order valence-corrected chi connectivity index (χ0v) is 15.2.